The van der Waals surface area contributed by atoms with Gasteiger partial charge in [-0.15, -0.1) is 11.3 Å². The maximum Gasteiger partial charge on any atom is 0.417 e. The summed E-state index contributed by atoms with van der Waals surface area (Å²) in [6.45, 7) is 0. The Balaban J connectivity index is 1.84. The van der Waals surface area contributed by atoms with Gasteiger partial charge in [0.15, 0.2) is 9.84 Å². The third-order valence-corrected chi connectivity index (χ3v) is 6.37. The second-order valence-electron chi connectivity index (χ2n) is 6.82. The molecule has 0 saturated heterocycles. The number of alkyl halides is 3. The maximum atomic E-state index is 14.4. The highest BCUT2D eigenvalue weighted by molar-refractivity contribution is 7.90. The number of sulfone groups is 1. The molecule has 160 valence electrons. The summed E-state index contributed by atoms with van der Waals surface area (Å²) in [6, 6.07) is 11.0. The number of hydrogen-bond donors (Lipinski definition) is 0. The lowest BCUT2D eigenvalue weighted by Crippen LogP contribution is -2.04. The monoisotopic (exact) mass is 466 g/mol. The SMILES string of the molecule is CS(=O)(=O)c1ccc(-n2cc(C(F)(F)F)cc2-c2ccc(-c3cscn3)cc2)cc1F. The van der Waals surface area contributed by atoms with Gasteiger partial charge in [0, 0.05) is 29.1 Å². The van der Waals surface area contributed by atoms with Crippen LogP contribution in [-0.4, -0.2) is 24.2 Å². The van der Waals surface area contributed by atoms with E-state index in [1.54, 1.807) is 29.8 Å². The number of nitrogens with zero attached hydrogens (tertiary/aromatic N) is 2. The topological polar surface area (TPSA) is 52.0 Å². The average Bonchev–Trinajstić information content (AvgIpc) is 3.37. The highest BCUT2D eigenvalue weighted by Gasteiger charge is 2.33. The summed E-state index contributed by atoms with van der Waals surface area (Å²) >= 11 is 1.43. The molecule has 0 unspecified atom stereocenters. The van der Waals surface area contributed by atoms with Gasteiger partial charge in [-0.05, 0) is 29.8 Å². The maximum absolute atomic E-state index is 14.4. The molecular formula is C21H14F4N2O2S2. The van der Waals surface area contributed by atoms with Gasteiger partial charge in [0.25, 0.3) is 0 Å². The van der Waals surface area contributed by atoms with Crippen LogP contribution in [0.25, 0.3) is 28.2 Å². The lowest BCUT2D eigenvalue weighted by molar-refractivity contribution is -0.137. The molecule has 4 rings (SSSR count). The van der Waals surface area contributed by atoms with Crippen LogP contribution in [0.1, 0.15) is 5.56 Å². The van der Waals surface area contributed by atoms with Crippen molar-refractivity contribution in [3.8, 4) is 28.2 Å². The van der Waals surface area contributed by atoms with Crippen LogP contribution in [0, 0.1) is 5.82 Å². The van der Waals surface area contributed by atoms with Crippen molar-refractivity contribution in [2.45, 2.75) is 11.1 Å². The third-order valence-electron chi connectivity index (χ3n) is 4.65. The Morgan fingerprint density at radius 1 is 1.00 bits per heavy atom. The molecule has 0 saturated carbocycles. The van der Waals surface area contributed by atoms with Gasteiger partial charge in [-0.25, -0.2) is 17.8 Å². The van der Waals surface area contributed by atoms with E-state index in [4.69, 9.17) is 0 Å². The molecule has 0 fully saturated rings. The van der Waals surface area contributed by atoms with Gasteiger partial charge in [-0.3, -0.25) is 0 Å². The van der Waals surface area contributed by atoms with E-state index < -0.39 is 32.3 Å². The zero-order valence-electron chi connectivity index (χ0n) is 15.9. The third kappa shape index (κ3) is 4.26. The zero-order valence-corrected chi connectivity index (χ0v) is 17.5. The predicted molar refractivity (Wildman–Crippen MR) is 110 cm³/mol. The molecule has 0 atom stereocenters. The second-order valence-corrected chi connectivity index (χ2v) is 9.52. The van der Waals surface area contributed by atoms with Crippen molar-refractivity contribution in [1.82, 2.24) is 9.55 Å². The smallest absolute Gasteiger partial charge is 0.316 e. The summed E-state index contributed by atoms with van der Waals surface area (Å²) < 4.78 is 79.1. The van der Waals surface area contributed by atoms with E-state index in [1.165, 1.54) is 22.0 Å². The van der Waals surface area contributed by atoms with Gasteiger partial charge in [-0.2, -0.15) is 13.2 Å². The Labute approximate surface area is 179 Å². The first-order chi connectivity index (χ1) is 14.5. The van der Waals surface area contributed by atoms with Gasteiger partial charge in [0.2, 0.25) is 0 Å². The van der Waals surface area contributed by atoms with Crippen molar-refractivity contribution in [1.29, 1.82) is 0 Å². The first kappa shape index (κ1) is 21.3. The normalized spacial score (nSPS) is 12.3. The van der Waals surface area contributed by atoms with Gasteiger partial charge in [0.1, 0.15) is 10.7 Å². The van der Waals surface area contributed by atoms with Crippen LogP contribution in [0.15, 0.2) is 70.5 Å². The van der Waals surface area contributed by atoms with Gasteiger partial charge < -0.3 is 4.57 Å². The van der Waals surface area contributed by atoms with Crippen LogP contribution in [0.2, 0.25) is 0 Å². The number of halogens is 4. The highest BCUT2D eigenvalue weighted by Crippen LogP contribution is 2.36. The van der Waals surface area contributed by atoms with Crippen molar-refractivity contribution < 1.29 is 26.0 Å². The van der Waals surface area contributed by atoms with E-state index in [9.17, 15) is 26.0 Å². The lowest BCUT2D eigenvalue weighted by Gasteiger charge is -2.11. The fraction of sp³-hybridized carbons (Fsp3) is 0.0952. The number of rotatable bonds is 4. The highest BCUT2D eigenvalue weighted by atomic mass is 32.2. The van der Waals surface area contributed by atoms with Gasteiger partial charge >= 0.3 is 6.18 Å². The summed E-state index contributed by atoms with van der Waals surface area (Å²) in [4.78, 5) is 3.68. The van der Waals surface area contributed by atoms with Crippen LogP contribution in [0.3, 0.4) is 0 Å². The standard InChI is InChI=1S/C21H14F4N2O2S2/c1-31(28,29)20-7-6-16(9-17(20)22)27-10-15(21(23,24)25)8-19(27)14-4-2-13(3-5-14)18-11-30-12-26-18/h2-12H,1H3. The van der Waals surface area contributed by atoms with Crippen LogP contribution in [-0.2, 0) is 16.0 Å². The molecule has 10 heteroatoms. The van der Waals surface area contributed by atoms with E-state index >= 15 is 0 Å². The molecule has 4 nitrogen and oxygen atoms in total. The Morgan fingerprint density at radius 3 is 2.23 bits per heavy atom. The molecule has 0 radical (unpaired) electrons. The second kappa shape index (κ2) is 7.61. The summed E-state index contributed by atoms with van der Waals surface area (Å²) in [5.74, 6) is -1.04. The van der Waals surface area contributed by atoms with E-state index in [0.29, 0.717) is 5.56 Å². The van der Waals surface area contributed by atoms with Crippen molar-refractivity contribution in [2.24, 2.45) is 0 Å². The van der Waals surface area contributed by atoms with Crippen molar-refractivity contribution in [3.05, 3.63) is 77.0 Å². The fourth-order valence-corrected chi connectivity index (χ4v) is 4.45. The van der Waals surface area contributed by atoms with Gasteiger partial charge in [0.05, 0.1) is 22.5 Å². The number of hydrogen-bond acceptors (Lipinski definition) is 4. The van der Waals surface area contributed by atoms with Gasteiger partial charge in [-0.1, -0.05) is 24.3 Å². The minimum Gasteiger partial charge on any atom is -0.316 e. The van der Waals surface area contributed by atoms with E-state index in [0.717, 1.165) is 41.9 Å². The minimum absolute atomic E-state index is 0.0685. The summed E-state index contributed by atoms with van der Waals surface area (Å²) in [7, 11) is -3.81. The first-order valence-electron chi connectivity index (χ1n) is 8.82. The van der Waals surface area contributed by atoms with E-state index in [1.807, 2.05) is 5.38 Å². The minimum atomic E-state index is -4.61. The molecule has 2 heterocycles. The molecule has 0 amide bonds. The van der Waals surface area contributed by atoms with Crippen molar-refractivity contribution in [3.63, 3.8) is 0 Å². The molecule has 0 N–H and O–H groups in total. The summed E-state index contributed by atoms with van der Waals surface area (Å²) in [5.41, 5.74) is 3.06. The fourth-order valence-electron chi connectivity index (χ4n) is 3.16. The van der Waals surface area contributed by atoms with Crippen LogP contribution in [0.5, 0.6) is 0 Å². The average molecular weight is 466 g/mol. The first-order valence-corrected chi connectivity index (χ1v) is 11.7. The Bertz CT molecular complexity index is 1340. The quantitative estimate of drug-likeness (QED) is 0.356. The zero-order chi connectivity index (χ0) is 22.4. The predicted octanol–water partition coefficient (Wildman–Crippen LogP) is 5.83. The molecule has 0 aliphatic rings. The molecule has 31 heavy (non-hydrogen) atoms. The largest absolute Gasteiger partial charge is 0.417 e. The Hall–Kier alpha value is -2.98. The Morgan fingerprint density at radius 2 is 1.68 bits per heavy atom. The molecule has 2 aromatic heterocycles. The van der Waals surface area contributed by atoms with Crippen LogP contribution < -0.4 is 0 Å². The lowest BCUT2D eigenvalue weighted by atomic mass is 10.1. The number of thiazole rings is 1. The molecule has 0 bridgehead atoms. The van der Waals surface area contributed by atoms with E-state index in [-0.39, 0.29) is 11.4 Å². The summed E-state index contributed by atoms with van der Waals surface area (Å²) in [6.07, 6.45) is -2.89. The Kier molecular flexibility index (Phi) is 5.22. The molecule has 0 aliphatic heterocycles. The molecule has 0 spiro atoms. The molecule has 4 aromatic rings. The van der Waals surface area contributed by atoms with E-state index in [2.05, 4.69) is 4.98 Å². The van der Waals surface area contributed by atoms with Crippen LogP contribution in [0.4, 0.5) is 17.6 Å². The van der Waals surface area contributed by atoms with Crippen molar-refractivity contribution in [2.75, 3.05) is 6.26 Å². The van der Waals surface area contributed by atoms with Crippen molar-refractivity contribution >= 4 is 21.2 Å². The molecular weight excluding hydrogens is 452 g/mol. The summed E-state index contributed by atoms with van der Waals surface area (Å²) in [5, 5.41) is 1.85. The number of benzene rings is 2. The molecule has 2 aromatic carbocycles. The van der Waals surface area contributed by atoms with Crippen LogP contribution >= 0.6 is 11.3 Å². The number of aromatic nitrogens is 2. The molecule has 0 aliphatic carbocycles.